The second kappa shape index (κ2) is 5.48. The Morgan fingerprint density at radius 1 is 1.17 bits per heavy atom. The minimum atomic E-state index is -1.10. The molecule has 3 aromatic rings. The number of carboxylic acid groups (broad SMARTS) is 1. The maximum Gasteiger partial charge on any atom is 0.335 e. The molecular formula is C15H14N3O5+. The van der Waals surface area contributed by atoms with E-state index in [1.54, 1.807) is 24.3 Å². The molecule has 0 aliphatic heterocycles. The standard InChI is InChI=1S/C15H13N3O5/c1-22-10-4-6-12(14(8-10)23-2)17-16-11-5-3-9(15(19)20)7-13(11)18(17)21/h3-8H,1-2H3,(H-,16,19,20,21)/p+1. The number of hydrogen-bond acceptors (Lipinski definition) is 4. The van der Waals surface area contributed by atoms with Crippen molar-refractivity contribution < 1.29 is 23.9 Å². The molecule has 1 aromatic heterocycles. The first-order chi connectivity index (χ1) is 11.0. The van der Waals surface area contributed by atoms with Gasteiger partial charge in [0.2, 0.25) is 0 Å². The van der Waals surface area contributed by atoms with Crippen LogP contribution in [-0.2, 0) is 0 Å². The van der Waals surface area contributed by atoms with E-state index in [0.717, 1.165) is 0 Å². The van der Waals surface area contributed by atoms with E-state index in [1.165, 1.54) is 31.1 Å². The molecule has 0 amide bonds. The molecular weight excluding hydrogens is 302 g/mol. The first-order valence-corrected chi connectivity index (χ1v) is 6.68. The van der Waals surface area contributed by atoms with Crippen molar-refractivity contribution in [1.82, 2.24) is 9.90 Å². The number of aromatic amines is 1. The first kappa shape index (κ1) is 14.6. The van der Waals surface area contributed by atoms with Gasteiger partial charge in [-0.3, -0.25) is 0 Å². The Balaban J connectivity index is 2.23. The molecule has 118 valence electrons. The van der Waals surface area contributed by atoms with Gasteiger partial charge in [-0.1, -0.05) is 0 Å². The Labute approximate surface area is 130 Å². The summed E-state index contributed by atoms with van der Waals surface area (Å²) in [5.41, 5.74) is 1.22. The van der Waals surface area contributed by atoms with Crippen molar-refractivity contribution in [2.24, 2.45) is 0 Å². The van der Waals surface area contributed by atoms with E-state index in [-0.39, 0.29) is 11.1 Å². The monoisotopic (exact) mass is 316 g/mol. The normalized spacial score (nSPS) is 10.7. The zero-order chi connectivity index (χ0) is 16.6. The maximum absolute atomic E-state index is 12.5. The van der Waals surface area contributed by atoms with Crippen LogP contribution in [0.15, 0.2) is 36.4 Å². The molecule has 0 spiro atoms. The second-order valence-electron chi connectivity index (χ2n) is 4.77. The molecule has 0 aliphatic rings. The van der Waals surface area contributed by atoms with Crippen molar-refractivity contribution in [3.63, 3.8) is 0 Å². The molecule has 0 saturated heterocycles. The molecule has 0 atom stereocenters. The molecule has 0 fully saturated rings. The van der Waals surface area contributed by atoms with Gasteiger partial charge in [0.1, 0.15) is 5.75 Å². The van der Waals surface area contributed by atoms with Gasteiger partial charge in [-0.2, -0.15) is 5.10 Å². The number of H-pyrrole nitrogens is 1. The first-order valence-electron chi connectivity index (χ1n) is 6.68. The highest BCUT2D eigenvalue weighted by Gasteiger charge is 2.20. The summed E-state index contributed by atoms with van der Waals surface area (Å²) in [5.74, 6) is -0.0708. The maximum atomic E-state index is 12.5. The summed E-state index contributed by atoms with van der Waals surface area (Å²) in [6, 6.07) is 9.29. The predicted octanol–water partition coefficient (Wildman–Crippen LogP) is 1.59. The largest absolute Gasteiger partial charge is 0.497 e. The van der Waals surface area contributed by atoms with Gasteiger partial charge in [-0.25, -0.2) is 4.79 Å². The smallest absolute Gasteiger partial charge is 0.335 e. The van der Waals surface area contributed by atoms with Crippen LogP contribution in [0, 0.1) is 4.91 Å². The number of rotatable bonds is 4. The fourth-order valence-corrected chi connectivity index (χ4v) is 2.30. The van der Waals surface area contributed by atoms with E-state index in [0.29, 0.717) is 27.2 Å². The third-order valence-corrected chi connectivity index (χ3v) is 3.47. The van der Waals surface area contributed by atoms with Gasteiger partial charge in [-0.15, -0.1) is 0 Å². The lowest BCUT2D eigenvalue weighted by atomic mass is 10.2. The number of benzene rings is 2. The number of methoxy groups -OCH3 is 2. The van der Waals surface area contributed by atoms with Crippen molar-refractivity contribution in [2.45, 2.75) is 0 Å². The molecule has 0 radical (unpaired) electrons. The number of hydrogen-bond donors (Lipinski definition) is 2. The van der Waals surface area contributed by atoms with Gasteiger partial charge in [0.15, 0.2) is 17.0 Å². The van der Waals surface area contributed by atoms with Crippen LogP contribution in [0.4, 0.5) is 0 Å². The van der Waals surface area contributed by atoms with Gasteiger partial charge in [0.05, 0.1) is 24.3 Å². The third-order valence-electron chi connectivity index (χ3n) is 3.47. The van der Waals surface area contributed by atoms with Crippen molar-refractivity contribution >= 4 is 17.0 Å². The number of ether oxygens (including phenoxy) is 2. The van der Waals surface area contributed by atoms with Crippen molar-refractivity contribution in [3.05, 3.63) is 46.9 Å². The number of carboxylic acids is 1. The average Bonchev–Trinajstić information content (AvgIpc) is 2.90. The van der Waals surface area contributed by atoms with Crippen molar-refractivity contribution in [3.8, 4) is 17.2 Å². The minimum absolute atomic E-state index is 0.0370. The predicted molar refractivity (Wildman–Crippen MR) is 81.1 cm³/mol. The molecule has 0 unspecified atom stereocenters. The van der Waals surface area contributed by atoms with E-state index < -0.39 is 5.97 Å². The van der Waals surface area contributed by atoms with Gasteiger partial charge in [0.25, 0.3) is 5.52 Å². The summed E-state index contributed by atoms with van der Waals surface area (Å²) in [7, 11) is 3.02. The fraction of sp³-hybridized carbons (Fsp3) is 0.133. The highest BCUT2D eigenvalue weighted by molar-refractivity contribution is 5.91. The lowest BCUT2D eigenvalue weighted by Crippen LogP contribution is -2.27. The Bertz CT molecular complexity index is 957. The van der Waals surface area contributed by atoms with Crippen LogP contribution in [0.5, 0.6) is 11.5 Å². The summed E-state index contributed by atoms with van der Waals surface area (Å²) < 4.78 is 11.0. The van der Waals surface area contributed by atoms with Crippen LogP contribution in [0.1, 0.15) is 10.4 Å². The molecule has 23 heavy (non-hydrogen) atoms. The topological polar surface area (TPSA) is 99.5 Å². The third kappa shape index (κ3) is 2.39. The van der Waals surface area contributed by atoms with E-state index in [1.807, 2.05) is 0 Å². The number of fused-ring (bicyclic) bond motifs is 1. The molecule has 2 N–H and O–H groups in total. The highest BCUT2D eigenvalue weighted by Crippen LogP contribution is 2.27. The summed E-state index contributed by atoms with van der Waals surface area (Å²) in [4.78, 5) is 24.8. The lowest BCUT2D eigenvalue weighted by molar-refractivity contribution is -0.561. The fourth-order valence-electron chi connectivity index (χ4n) is 2.30. The van der Waals surface area contributed by atoms with Crippen LogP contribution in [0.2, 0.25) is 0 Å². The molecule has 0 saturated carbocycles. The summed E-state index contributed by atoms with van der Waals surface area (Å²) in [6.45, 7) is 0. The van der Waals surface area contributed by atoms with E-state index in [9.17, 15) is 9.70 Å². The zero-order valence-electron chi connectivity index (χ0n) is 12.4. The number of aromatic carboxylic acids is 1. The van der Waals surface area contributed by atoms with Gasteiger partial charge < -0.3 is 14.6 Å². The molecule has 1 heterocycles. The molecule has 8 nitrogen and oxygen atoms in total. The van der Waals surface area contributed by atoms with Crippen LogP contribution < -0.4 is 14.0 Å². The molecule has 3 rings (SSSR count). The number of nitrogens with zero attached hydrogens (tertiary/aromatic N) is 2. The van der Waals surface area contributed by atoms with Crippen molar-refractivity contribution in [2.75, 3.05) is 14.2 Å². The van der Waals surface area contributed by atoms with Crippen molar-refractivity contribution in [1.29, 1.82) is 0 Å². The van der Waals surface area contributed by atoms with Crippen LogP contribution >= 0.6 is 0 Å². The Hall–Kier alpha value is -3.29. The van der Waals surface area contributed by atoms with Gasteiger partial charge >= 0.3 is 5.97 Å². The number of nitrogens with one attached hydrogen (secondary N) is 1. The number of carbonyl (C=O) groups is 1. The molecule has 0 aliphatic carbocycles. The summed E-state index contributed by atoms with van der Waals surface area (Å²) >= 11 is 0. The Morgan fingerprint density at radius 2 is 1.96 bits per heavy atom. The SMILES string of the molecule is COc1ccc(-n2[nH]c3ccc(C(=O)O)cc3[n+]2=O)c(OC)c1. The van der Waals surface area contributed by atoms with Crippen LogP contribution in [-0.4, -0.2) is 35.2 Å². The number of aromatic nitrogens is 3. The summed E-state index contributed by atoms with van der Waals surface area (Å²) in [6.07, 6.45) is 0. The minimum Gasteiger partial charge on any atom is -0.497 e. The molecule has 0 bridgehead atoms. The van der Waals surface area contributed by atoms with Gasteiger partial charge in [0, 0.05) is 12.1 Å². The van der Waals surface area contributed by atoms with Crippen LogP contribution in [0.3, 0.4) is 0 Å². The van der Waals surface area contributed by atoms with E-state index in [4.69, 9.17) is 14.6 Å². The Kier molecular flexibility index (Phi) is 3.49. The molecule has 8 heteroatoms. The highest BCUT2D eigenvalue weighted by atomic mass is 16.5. The quantitative estimate of drug-likeness (QED) is 0.712. The average molecular weight is 316 g/mol. The second-order valence-corrected chi connectivity index (χ2v) is 4.77. The van der Waals surface area contributed by atoms with E-state index in [2.05, 4.69) is 5.10 Å². The zero-order valence-corrected chi connectivity index (χ0v) is 12.4. The lowest BCUT2D eigenvalue weighted by Gasteiger charge is -2.06. The van der Waals surface area contributed by atoms with Gasteiger partial charge in [-0.05, 0) is 34.0 Å². The molecule has 2 aromatic carbocycles. The van der Waals surface area contributed by atoms with Crippen LogP contribution in [0.25, 0.3) is 16.7 Å². The Morgan fingerprint density at radius 3 is 2.61 bits per heavy atom. The van der Waals surface area contributed by atoms with E-state index >= 15 is 0 Å². The summed E-state index contributed by atoms with van der Waals surface area (Å²) in [5, 5.41) is 11.9.